The van der Waals surface area contributed by atoms with E-state index in [0.29, 0.717) is 26.4 Å². The topological polar surface area (TPSA) is 42.4 Å². The van der Waals surface area contributed by atoms with Crippen molar-refractivity contribution in [3.05, 3.63) is 50.0 Å². The highest BCUT2D eigenvalue weighted by atomic mass is 35.5. The summed E-state index contributed by atoms with van der Waals surface area (Å²) in [7, 11) is 0. The van der Waals surface area contributed by atoms with Gasteiger partial charge in [0.15, 0.2) is 0 Å². The van der Waals surface area contributed by atoms with Gasteiger partial charge >= 0.3 is 0 Å². The predicted octanol–water partition coefficient (Wildman–Crippen LogP) is 4.98. The first-order chi connectivity index (χ1) is 9.01. The molecular weight excluding hydrogens is 332 g/mol. The van der Waals surface area contributed by atoms with E-state index in [1.165, 1.54) is 18.3 Å². The van der Waals surface area contributed by atoms with Gasteiger partial charge in [0.05, 0.1) is 21.7 Å². The van der Waals surface area contributed by atoms with Crippen molar-refractivity contribution in [2.24, 2.45) is 0 Å². The molecule has 0 amide bonds. The summed E-state index contributed by atoms with van der Waals surface area (Å²) in [5.41, 5.74) is 0.581. The van der Waals surface area contributed by atoms with Crippen molar-refractivity contribution < 1.29 is 9.84 Å². The Morgan fingerprint density at radius 1 is 0.947 bits per heavy atom. The Morgan fingerprint density at radius 2 is 1.63 bits per heavy atom. The first kappa shape index (κ1) is 14.7. The van der Waals surface area contributed by atoms with Gasteiger partial charge < -0.3 is 9.84 Å². The number of aromatic nitrogens is 1. The molecule has 19 heavy (non-hydrogen) atoms. The molecule has 1 heterocycles. The molecule has 0 unspecified atom stereocenters. The number of aliphatic hydroxyl groups excluding tert-OH is 1. The quantitative estimate of drug-likeness (QED) is 0.802. The van der Waals surface area contributed by atoms with Gasteiger partial charge in [-0.25, -0.2) is 4.98 Å². The number of pyridine rings is 1. The molecule has 0 saturated carbocycles. The molecule has 0 aliphatic carbocycles. The molecule has 7 heteroatoms. The second-order valence-corrected chi connectivity index (χ2v) is 5.22. The summed E-state index contributed by atoms with van der Waals surface area (Å²) in [5.74, 6) is 0.460. The van der Waals surface area contributed by atoms with E-state index in [1.807, 2.05) is 0 Å². The first-order valence-corrected chi connectivity index (χ1v) is 6.60. The predicted molar refractivity (Wildman–Crippen MR) is 76.7 cm³/mol. The lowest BCUT2D eigenvalue weighted by atomic mass is 10.3. The lowest BCUT2D eigenvalue weighted by molar-refractivity contribution is 0.281. The molecule has 2 rings (SSSR count). The second-order valence-electron chi connectivity index (χ2n) is 3.59. The second kappa shape index (κ2) is 6.16. The van der Waals surface area contributed by atoms with Crippen LogP contribution in [0.2, 0.25) is 20.1 Å². The largest absolute Gasteiger partial charge is 0.436 e. The van der Waals surface area contributed by atoms with Crippen LogP contribution in [0, 0.1) is 0 Å². The van der Waals surface area contributed by atoms with Crippen molar-refractivity contribution in [1.82, 2.24) is 4.98 Å². The maximum absolute atomic E-state index is 8.96. The van der Waals surface area contributed by atoms with Crippen molar-refractivity contribution in [2.45, 2.75) is 6.61 Å². The normalized spacial score (nSPS) is 10.6. The summed E-state index contributed by atoms with van der Waals surface area (Å²) in [6.07, 6.45) is 1.45. The van der Waals surface area contributed by atoms with Crippen LogP contribution in [0.5, 0.6) is 11.6 Å². The SMILES string of the molecule is OCc1cnc(Oc2cc(Cl)c(Cl)cc2Cl)c(Cl)c1. The zero-order valence-electron chi connectivity index (χ0n) is 9.33. The van der Waals surface area contributed by atoms with E-state index in [-0.39, 0.29) is 17.5 Å². The molecule has 1 N–H and O–H groups in total. The molecule has 2 aromatic rings. The van der Waals surface area contributed by atoms with Gasteiger partial charge in [-0.2, -0.15) is 0 Å². The Bertz CT molecular complexity index is 619. The minimum atomic E-state index is -0.152. The van der Waals surface area contributed by atoms with Crippen LogP contribution in [0.15, 0.2) is 24.4 Å². The Labute approximate surface area is 129 Å². The number of benzene rings is 1. The van der Waals surface area contributed by atoms with E-state index in [9.17, 15) is 0 Å². The minimum absolute atomic E-state index is 0.152. The maximum atomic E-state index is 8.96. The van der Waals surface area contributed by atoms with Crippen LogP contribution in [-0.2, 0) is 6.61 Å². The summed E-state index contributed by atoms with van der Waals surface area (Å²) in [6, 6.07) is 4.50. The fourth-order valence-corrected chi connectivity index (χ4v) is 2.12. The van der Waals surface area contributed by atoms with Gasteiger partial charge in [0.2, 0.25) is 5.88 Å². The standard InChI is InChI=1S/C12H7Cl4NO2/c13-7-2-9(15)11(3-8(7)14)19-12-10(16)1-6(5-18)4-17-12/h1-4,18H,5H2. The average molecular weight is 339 g/mol. The Morgan fingerprint density at radius 3 is 2.26 bits per heavy atom. The molecule has 0 bridgehead atoms. The van der Waals surface area contributed by atoms with Crippen LogP contribution in [0.1, 0.15) is 5.56 Å². The third kappa shape index (κ3) is 3.44. The number of ether oxygens (including phenoxy) is 1. The molecule has 0 aliphatic heterocycles. The van der Waals surface area contributed by atoms with E-state index in [2.05, 4.69) is 4.98 Å². The lowest BCUT2D eigenvalue weighted by Crippen LogP contribution is -1.93. The Balaban J connectivity index is 2.33. The van der Waals surface area contributed by atoms with Crippen LogP contribution in [-0.4, -0.2) is 10.1 Å². The zero-order valence-corrected chi connectivity index (χ0v) is 12.4. The van der Waals surface area contributed by atoms with Gasteiger partial charge in [0.25, 0.3) is 0 Å². The first-order valence-electron chi connectivity index (χ1n) is 5.09. The number of hydrogen-bond donors (Lipinski definition) is 1. The number of hydrogen-bond acceptors (Lipinski definition) is 3. The van der Waals surface area contributed by atoms with Gasteiger partial charge in [-0.1, -0.05) is 46.4 Å². The number of aliphatic hydroxyl groups is 1. The van der Waals surface area contributed by atoms with Crippen LogP contribution in [0.3, 0.4) is 0 Å². The van der Waals surface area contributed by atoms with Gasteiger partial charge in [-0.15, -0.1) is 0 Å². The summed E-state index contributed by atoms with van der Waals surface area (Å²) in [4.78, 5) is 3.99. The fourth-order valence-electron chi connectivity index (χ4n) is 1.31. The molecule has 0 fully saturated rings. The van der Waals surface area contributed by atoms with Gasteiger partial charge in [-0.3, -0.25) is 0 Å². The van der Waals surface area contributed by atoms with E-state index in [1.54, 1.807) is 6.07 Å². The van der Waals surface area contributed by atoms with Crippen molar-refractivity contribution in [3.8, 4) is 11.6 Å². The van der Waals surface area contributed by atoms with Gasteiger partial charge in [0, 0.05) is 12.3 Å². The molecular formula is C12H7Cl4NO2. The molecule has 0 saturated heterocycles. The summed E-state index contributed by atoms with van der Waals surface area (Å²) < 4.78 is 5.48. The third-order valence-electron chi connectivity index (χ3n) is 2.23. The van der Waals surface area contributed by atoms with Crippen LogP contribution in [0.25, 0.3) is 0 Å². The smallest absolute Gasteiger partial charge is 0.238 e. The molecule has 0 aliphatic rings. The fraction of sp³-hybridized carbons (Fsp3) is 0.0833. The highest BCUT2D eigenvalue weighted by Gasteiger charge is 2.11. The molecule has 100 valence electrons. The number of rotatable bonds is 3. The maximum Gasteiger partial charge on any atom is 0.238 e. The molecule has 3 nitrogen and oxygen atoms in total. The monoisotopic (exact) mass is 337 g/mol. The van der Waals surface area contributed by atoms with Crippen LogP contribution in [0.4, 0.5) is 0 Å². The third-order valence-corrected chi connectivity index (χ3v) is 3.52. The van der Waals surface area contributed by atoms with E-state index in [4.69, 9.17) is 56.2 Å². The average Bonchev–Trinajstić information content (AvgIpc) is 2.38. The zero-order chi connectivity index (χ0) is 14.0. The Hall–Kier alpha value is -0.710. The Kier molecular flexibility index (Phi) is 4.76. The molecule has 1 aromatic heterocycles. The lowest BCUT2D eigenvalue weighted by Gasteiger charge is -2.09. The van der Waals surface area contributed by atoms with E-state index in [0.717, 1.165) is 0 Å². The van der Waals surface area contributed by atoms with Crippen molar-refractivity contribution in [2.75, 3.05) is 0 Å². The number of halogens is 4. The molecule has 0 spiro atoms. The van der Waals surface area contributed by atoms with E-state index < -0.39 is 0 Å². The summed E-state index contributed by atoms with van der Waals surface area (Å²) in [5, 5.41) is 10.1. The summed E-state index contributed by atoms with van der Waals surface area (Å²) in [6.45, 7) is -0.152. The highest BCUT2D eigenvalue weighted by Crippen LogP contribution is 2.37. The summed E-state index contributed by atoms with van der Waals surface area (Å²) >= 11 is 23.7. The van der Waals surface area contributed by atoms with Crippen LogP contribution >= 0.6 is 46.4 Å². The molecule has 1 aromatic carbocycles. The minimum Gasteiger partial charge on any atom is -0.436 e. The van der Waals surface area contributed by atoms with Gasteiger partial charge in [-0.05, 0) is 17.7 Å². The van der Waals surface area contributed by atoms with Gasteiger partial charge in [0.1, 0.15) is 10.8 Å². The van der Waals surface area contributed by atoms with Crippen molar-refractivity contribution >= 4 is 46.4 Å². The van der Waals surface area contributed by atoms with Crippen LogP contribution < -0.4 is 4.74 Å². The number of nitrogens with zero attached hydrogens (tertiary/aromatic N) is 1. The van der Waals surface area contributed by atoms with E-state index >= 15 is 0 Å². The van der Waals surface area contributed by atoms with Crippen molar-refractivity contribution in [3.63, 3.8) is 0 Å². The molecule has 0 radical (unpaired) electrons. The van der Waals surface area contributed by atoms with Crippen molar-refractivity contribution in [1.29, 1.82) is 0 Å². The molecule has 0 atom stereocenters. The highest BCUT2D eigenvalue weighted by molar-refractivity contribution is 6.43.